The number of nitrogens with one attached hydrogen (secondary N) is 1. The lowest BCUT2D eigenvalue weighted by molar-refractivity contribution is -0.118. The van der Waals surface area contributed by atoms with Crippen LogP contribution < -0.4 is 14.8 Å². The first-order valence-electron chi connectivity index (χ1n) is 10.0. The smallest absolute Gasteiger partial charge is 0.230 e. The SMILES string of the molecule is COc1ccc(-n2c(SCC(=O)NCC3CC3)nnc2-c2cc(Cl)ccc2OC)cc1Cl. The number of nitrogens with zero attached hydrogens (tertiary/aromatic N) is 3. The molecule has 0 aliphatic heterocycles. The fourth-order valence-corrected chi connectivity index (χ4v) is 4.39. The monoisotopic (exact) mass is 492 g/mol. The highest BCUT2D eigenvalue weighted by Gasteiger charge is 2.23. The highest BCUT2D eigenvalue weighted by molar-refractivity contribution is 7.99. The van der Waals surface area contributed by atoms with E-state index in [1.165, 1.54) is 24.6 Å². The second-order valence-corrected chi connectivity index (χ2v) is 9.13. The molecule has 10 heteroatoms. The van der Waals surface area contributed by atoms with E-state index in [2.05, 4.69) is 15.5 Å². The number of rotatable bonds is 9. The lowest BCUT2D eigenvalue weighted by atomic mass is 10.2. The first-order chi connectivity index (χ1) is 15.5. The van der Waals surface area contributed by atoms with Crippen LogP contribution in [0.15, 0.2) is 41.6 Å². The van der Waals surface area contributed by atoms with Gasteiger partial charge in [-0.25, -0.2) is 0 Å². The molecule has 1 aromatic heterocycles. The minimum Gasteiger partial charge on any atom is -0.496 e. The number of hydrogen-bond donors (Lipinski definition) is 1. The van der Waals surface area contributed by atoms with Crippen LogP contribution in [-0.2, 0) is 4.79 Å². The Labute approximate surface area is 200 Å². The van der Waals surface area contributed by atoms with Gasteiger partial charge in [0.25, 0.3) is 0 Å². The van der Waals surface area contributed by atoms with E-state index in [1.807, 2.05) is 10.6 Å². The van der Waals surface area contributed by atoms with Crippen LogP contribution in [0.3, 0.4) is 0 Å². The standard InChI is InChI=1S/C22H22Cl2N4O3S/c1-30-18-7-5-14(23)9-16(18)21-26-27-22(32-12-20(29)25-11-13-3-4-13)28(21)15-6-8-19(31-2)17(24)10-15/h5-10,13H,3-4,11-12H2,1-2H3,(H,25,29). The van der Waals surface area contributed by atoms with Crippen molar-refractivity contribution in [3.05, 3.63) is 46.4 Å². The van der Waals surface area contributed by atoms with Gasteiger partial charge in [-0.05, 0) is 55.2 Å². The van der Waals surface area contributed by atoms with Crippen molar-refractivity contribution in [1.29, 1.82) is 0 Å². The minimum absolute atomic E-state index is 0.0360. The van der Waals surface area contributed by atoms with E-state index in [9.17, 15) is 4.79 Å². The van der Waals surface area contributed by atoms with E-state index in [0.29, 0.717) is 44.0 Å². The molecule has 0 spiro atoms. The first-order valence-corrected chi connectivity index (χ1v) is 11.8. The largest absolute Gasteiger partial charge is 0.496 e. The molecule has 4 rings (SSSR count). The molecule has 1 aliphatic rings. The van der Waals surface area contributed by atoms with Gasteiger partial charge in [0.2, 0.25) is 5.91 Å². The topological polar surface area (TPSA) is 78.3 Å². The Bertz CT molecular complexity index is 1130. The van der Waals surface area contributed by atoms with Gasteiger partial charge in [-0.3, -0.25) is 9.36 Å². The van der Waals surface area contributed by atoms with E-state index in [0.717, 1.165) is 12.2 Å². The van der Waals surface area contributed by atoms with Gasteiger partial charge < -0.3 is 14.8 Å². The van der Waals surface area contributed by atoms with Gasteiger partial charge >= 0.3 is 0 Å². The average molecular weight is 493 g/mol. The summed E-state index contributed by atoms with van der Waals surface area (Å²) < 4.78 is 12.6. The summed E-state index contributed by atoms with van der Waals surface area (Å²) in [6.07, 6.45) is 2.37. The van der Waals surface area contributed by atoms with E-state index in [4.69, 9.17) is 32.7 Å². The van der Waals surface area contributed by atoms with Gasteiger partial charge in [0.15, 0.2) is 11.0 Å². The maximum Gasteiger partial charge on any atom is 0.230 e. The summed E-state index contributed by atoms with van der Waals surface area (Å²) in [6, 6.07) is 10.7. The maximum atomic E-state index is 12.3. The third kappa shape index (κ3) is 5.14. The van der Waals surface area contributed by atoms with E-state index in [1.54, 1.807) is 44.6 Å². The molecular formula is C22H22Cl2N4O3S. The summed E-state index contributed by atoms with van der Waals surface area (Å²) >= 11 is 13.9. The van der Waals surface area contributed by atoms with Crippen molar-refractivity contribution in [3.63, 3.8) is 0 Å². The molecule has 3 aromatic rings. The number of thioether (sulfide) groups is 1. The molecule has 7 nitrogen and oxygen atoms in total. The molecule has 1 amide bonds. The zero-order valence-electron chi connectivity index (χ0n) is 17.6. The number of carbonyl (C=O) groups excluding carboxylic acids is 1. The predicted octanol–water partition coefficient (Wildman–Crippen LogP) is 4.88. The fraction of sp³-hybridized carbons (Fsp3) is 0.318. The Kier molecular flexibility index (Phi) is 7.13. The molecule has 1 fully saturated rings. The average Bonchev–Trinajstić information content (AvgIpc) is 3.53. The lowest BCUT2D eigenvalue weighted by Crippen LogP contribution is -2.27. The molecule has 1 N–H and O–H groups in total. The second kappa shape index (κ2) is 10.0. The molecule has 1 aliphatic carbocycles. The Morgan fingerprint density at radius 2 is 1.88 bits per heavy atom. The Morgan fingerprint density at radius 1 is 1.12 bits per heavy atom. The molecular weight excluding hydrogens is 471 g/mol. The minimum atomic E-state index is -0.0360. The summed E-state index contributed by atoms with van der Waals surface area (Å²) in [7, 11) is 3.14. The quantitative estimate of drug-likeness (QED) is 0.429. The highest BCUT2D eigenvalue weighted by atomic mass is 35.5. The van der Waals surface area contributed by atoms with Crippen molar-refractivity contribution >= 4 is 40.9 Å². The third-order valence-electron chi connectivity index (χ3n) is 5.05. The molecule has 0 atom stereocenters. The highest BCUT2D eigenvalue weighted by Crippen LogP contribution is 2.36. The molecule has 0 radical (unpaired) electrons. The summed E-state index contributed by atoms with van der Waals surface area (Å²) in [5.41, 5.74) is 1.39. The number of halogens is 2. The van der Waals surface area contributed by atoms with Crippen LogP contribution in [0.4, 0.5) is 0 Å². The Hall–Kier alpha value is -2.42. The summed E-state index contributed by atoms with van der Waals surface area (Å²) in [5.74, 6) is 2.48. The van der Waals surface area contributed by atoms with E-state index < -0.39 is 0 Å². The number of ether oxygens (including phenoxy) is 2. The van der Waals surface area contributed by atoms with Gasteiger partial charge in [0, 0.05) is 11.6 Å². The zero-order chi connectivity index (χ0) is 22.7. The molecule has 32 heavy (non-hydrogen) atoms. The number of methoxy groups -OCH3 is 2. The molecule has 1 heterocycles. The van der Waals surface area contributed by atoms with Crippen LogP contribution in [0.2, 0.25) is 10.0 Å². The molecule has 168 valence electrons. The van der Waals surface area contributed by atoms with Crippen LogP contribution in [-0.4, -0.2) is 47.2 Å². The van der Waals surface area contributed by atoms with Gasteiger partial charge in [-0.1, -0.05) is 35.0 Å². The molecule has 0 bridgehead atoms. The summed E-state index contributed by atoms with van der Waals surface area (Å²) in [4.78, 5) is 12.3. The predicted molar refractivity (Wildman–Crippen MR) is 126 cm³/mol. The summed E-state index contributed by atoms with van der Waals surface area (Å²) in [6.45, 7) is 0.727. The number of hydrogen-bond acceptors (Lipinski definition) is 6. The maximum absolute atomic E-state index is 12.3. The van der Waals surface area contributed by atoms with Crippen molar-refractivity contribution in [3.8, 4) is 28.6 Å². The van der Waals surface area contributed by atoms with Crippen LogP contribution in [0.1, 0.15) is 12.8 Å². The van der Waals surface area contributed by atoms with Gasteiger partial charge in [-0.2, -0.15) is 0 Å². The number of benzene rings is 2. The number of amides is 1. The van der Waals surface area contributed by atoms with Gasteiger partial charge in [0.1, 0.15) is 11.5 Å². The van der Waals surface area contributed by atoms with Crippen LogP contribution in [0, 0.1) is 5.92 Å². The van der Waals surface area contributed by atoms with E-state index in [-0.39, 0.29) is 11.7 Å². The summed E-state index contributed by atoms with van der Waals surface area (Å²) in [5, 5.41) is 13.2. The number of aromatic nitrogens is 3. The first kappa shape index (κ1) is 22.8. The molecule has 0 unspecified atom stereocenters. The van der Waals surface area contributed by atoms with Crippen LogP contribution in [0.25, 0.3) is 17.1 Å². The van der Waals surface area contributed by atoms with Crippen molar-refractivity contribution in [1.82, 2.24) is 20.1 Å². The Morgan fingerprint density at radius 3 is 2.56 bits per heavy atom. The third-order valence-corrected chi connectivity index (χ3v) is 6.51. The zero-order valence-corrected chi connectivity index (χ0v) is 19.9. The van der Waals surface area contributed by atoms with E-state index >= 15 is 0 Å². The molecule has 2 aromatic carbocycles. The van der Waals surface area contributed by atoms with Gasteiger partial charge in [0.05, 0.1) is 36.2 Å². The van der Waals surface area contributed by atoms with Crippen molar-refractivity contribution < 1.29 is 14.3 Å². The van der Waals surface area contributed by atoms with Crippen molar-refractivity contribution in [2.24, 2.45) is 5.92 Å². The van der Waals surface area contributed by atoms with Crippen LogP contribution >= 0.6 is 35.0 Å². The lowest BCUT2D eigenvalue weighted by Gasteiger charge is -2.14. The van der Waals surface area contributed by atoms with Gasteiger partial charge in [-0.15, -0.1) is 10.2 Å². The second-order valence-electron chi connectivity index (χ2n) is 7.34. The molecule has 1 saturated carbocycles. The number of carbonyl (C=O) groups is 1. The normalized spacial score (nSPS) is 13.1. The Balaban J connectivity index is 1.71. The molecule has 0 saturated heterocycles. The van der Waals surface area contributed by atoms with Crippen molar-refractivity contribution in [2.45, 2.75) is 18.0 Å². The van der Waals surface area contributed by atoms with Crippen LogP contribution in [0.5, 0.6) is 11.5 Å². The van der Waals surface area contributed by atoms with Crippen molar-refractivity contribution in [2.75, 3.05) is 26.5 Å². The fourth-order valence-electron chi connectivity index (χ4n) is 3.18.